The topological polar surface area (TPSA) is 118 Å². The molecule has 2 N–H and O–H groups in total. The van der Waals surface area contributed by atoms with E-state index in [4.69, 9.17) is 14.7 Å². The van der Waals surface area contributed by atoms with Gasteiger partial charge in [-0.05, 0) is 35.9 Å². The van der Waals surface area contributed by atoms with Crippen LogP contribution in [-0.2, 0) is 6.61 Å². The molecule has 9 nitrogen and oxygen atoms in total. The van der Waals surface area contributed by atoms with E-state index in [1.165, 1.54) is 0 Å². The van der Waals surface area contributed by atoms with Crippen molar-refractivity contribution in [1.29, 1.82) is 0 Å². The van der Waals surface area contributed by atoms with Gasteiger partial charge in [-0.2, -0.15) is 5.10 Å². The molecule has 9 heteroatoms. The Hall–Kier alpha value is -5.44. The summed E-state index contributed by atoms with van der Waals surface area (Å²) in [5.41, 5.74) is 8.15. The molecule has 0 saturated heterocycles. The molecule has 7 rings (SSSR count). The number of fused-ring (bicyclic) bond motifs is 2. The number of rotatable bonds is 6. The number of aromatic nitrogens is 8. The fourth-order valence-corrected chi connectivity index (χ4v) is 4.39. The molecule has 0 aliphatic heterocycles. The second kappa shape index (κ2) is 9.21. The van der Waals surface area contributed by atoms with E-state index in [-0.39, 0.29) is 0 Å². The molecule has 0 bridgehead atoms. The zero-order chi connectivity index (χ0) is 25.3. The highest BCUT2D eigenvalue weighted by Crippen LogP contribution is 2.31. The van der Waals surface area contributed by atoms with Crippen LogP contribution in [0.4, 0.5) is 0 Å². The van der Waals surface area contributed by atoms with Crippen molar-refractivity contribution in [3.05, 3.63) is 103 Å². The third kappa shape index (κ3) is 4.01. The predicted molar refractivity (Wildman–Crippen MR) is 144 cm³/mol. The highest BCUT2D eigenvalue weighted by molar-refractivity contribution is 5.94. The number of benzene rings is 1. The maximum absolute atomic E-state index is 5.97. The highest BCUT2D eigenvalue weighted by Gasteiger charge is 2.17. The minimum Gasteiger partial charge on any atom is -0.487 e. The normalized spacial score (nSPS) is 11.3. The highest BCUT2D eigenvalue weighted by atomic mass is 16.5. The van der Waals surface area contributed by atoms with Crippen LogP contribution in [0.25, 0.3) is 56.1 Å². The van der Waals surface area contributed by atoms with Gasteiger partial charge in [-0.15, -0.1) is 0 Å². The molecule has 0 spiro atoms. The number of hydrogen-bond acceptors (Lipinski definition) is 7. The number of H-pyrrole nitrogens is 2. The minimum atomic E-state index is 0.464. The lowest BCUT2D eigenvalue weighted by Crippen LogP contribution is -1.96. The SMILES string of the molecule is c1ccc(COc2cncc(-c3ccc4[nH]nc(-c5nc6nccc(-c7cccnc7)c6[nH]5)c4n3)c2)cc1. The predicted octanol–water partition coefficient (Wildman–Crippen LogP) is 5.60. The number of aromatic amines is 2. The lowest BCUT2D eigenvalue weighted by molar-refractivity contribution is 0.305. The number of nitrogens with one attached hydrogen (secondary N) is 2. The fraction of sp³-hybridized carbons (Fsp3) is 0.0345. The molecule has 6 aromatic heterocycles. The average Bonchev–Trinajstić information content (AvgIpc) is 3.61. The number of imidazole rings is 1. The van der Waals surface area contributed by atoms with Crippen LogP contribution in [0.2, 0.25) is 0 Å². The monoisotopic (exact) mass is 496 g/mol. The summed E-state index contributed by atoms with van der Waals surface area (Å²) in [6.07, 6.45) is 8.79. The van der Waals surface area contributed by atoms with E-state index < -0.39 is 0 Å². The first kappa shape index (κ1) is 21.8. The summed E-state index contributed by atoms with van der Waals surface area (Å²) < 4.78 is 5.97. The van der Waals surface area contributed by atoms with Gasteiger partial charge in [0.25, 0.3) is 0 Å². The van der Waals surface area contributed by atoms with Crippen molar-refractivity contribution < 1.29 is 4.74 Å². The van der Waals surface area contributed by atoms with Crippen LogP contribution >= 0.6 is 0 Å². The van der Waals surface area contributed by atoms with Crippen LogP contribution in [0.15, 0.2) is 97.7 Å². The molecule has 7 aromatic rings. The number of pyridine rings is 4. The molecule has 0 unspecified atom stereocenters. The van der Waals surface area contributed by atoms with Crippen molar-refractivity contribution in [2.45, 2.75) is 6.61 Å². The fourth-order valence-electron chi connectivity index (χ4n) is 4.39. The molecule has 0 aliphatic carbocycles. The third-order valence-electron chi connectivity index (χ3n) is 6.25. The lowest BCUT2D eigenvalue weighted by Gasteiger charge is -2.08. The minimum absolute atomic E-state index is 0.464. The van der Waals surface area contributed by atoms with Crippen molar-refractivity contribution >= 4 is 22.2 Å². The van der Waals surface area contributed by atoms with Crippen LogP contribution in [0, 0.1) is 0 Å². The Kier molecular flexibility index (Phi) is 5.29. The molecular formula is C29H20N8O. The maximum atomic E-state index is 5.97. The standard InChI is InChI=1S/C29H20N8O/c1-2-5-18(6-3-1)17-38-21-13-20(15-31-16-21)23-8-9-24-26(33-23)27(37-36-24)29-34-25-22(10-12-32-28(25)35-29)19-7-4-11-30-14-19/h1-16H,17H2,(H,36,37)(H,32,34,35). The van der Waals surface area contributed by atoms with Crippen LogP contribution in [-0.4, -0.2) is 40.1 Å². The molecule has 0 radical (unpaired) electrons. The summed E-state index contributed by atoms with van der Waals surface area (Å²) in [7, 11) is 0. The summed E-state index contributed by atoms with van der Waals surface area (Å²) in [5.74, 6) is 1.25. The Morgan fingerprint density at radius 1 is 0.789 bits per heavy atom. The molecular weight excluding hydrogens is 476 g/mol. The van der Waals surface area contributed by atoms with E-state index >= 15 is 0 Å². The van der Waals surface area contributed by atoms with E-state index in [2.05, 4.69) is 30.1 Å². The van der Waals surface area contributed by atoms with E-state index in [1.54, 1.807) is 24.8 Å². The Morgan fingerprint density at radius 2 is 1.71 bits per heavy atom. The summed E-state index contributed by atoms with van der Waals surface area (Å²) in [5, 5.41) is 7.58. The van der Waals surface area contributed by atoms with Gasteiger partial charge in [0.15, 0.2) is 17.2 Å². The van der Waals surface area contributed by atoms with E-state index in [0.29, 0.717) is 35.0 Å². The maximum Gasteiger partial charge on any atom is 0.178 e. The first-order chi connectivity index (χ1) is 18.8. The second-order valence-electron chi connectivity index (χ2n) is 8.73. The first-order valence-corrected chi connectivity index (χ1v) is 12.0. The Morgan fingerprint density at radius 3 is 2.61 bits per heavy atom. The Bertz CT molecular complexity index is 1880. The van der Waals surface area contributed by atoms with Crippen molar-refractivity contribution in [2.75, 3.05) is 0 Å². The van der Waals surface area contributed by atoms with Gasteiger partial charge in [0.1, 0.15) is 17.9 Å². The van der Waals surface area contributed by atoms with Crippen molar-refractivity contribution in [2.24, 2.45) is 0 Å². The molecule has 0 atom stereocenters. The van der Waals surface area contributed by atoms with Gasteiger partial charge >= 0.3 is 0 Å². The smallest absolute Gasteiger partial charge is 0.178 e. The van der Waals surface area contributed by atoms with Gasteiger partial charge in [0, 0.05) is 41.5 Å². The first-order valence-electron chi connectivity index (χ1n) is 12.0. The van der Waals surface area contributed by atoms with Crippen LogP contribution < -0.4 is 4.74 Å². The van der Waals surface area contributed by atoms with Crippen LogP contribution in [0.3, 0.4) is 0 Å². The van der Waals surface area contributed by atoms with Gasteiger partial charge in [-0.25, -0.2) is 15.0 Å². The zero-order valence-corrected chi connectivity index (χ0v) is 20.0. The van der Waals surface area contributed by atoms with E-state index in [1.807, 2.05) is 72.9 Å². The van der Waals surface area contributed by atoms with E-state index in [9.17, 15) is 0 Å². The number of nitrogens with zero attached hydrogens (tertiary/aromatic N) is 6. The van der Waals surface area contributed by atoms with Crippen molar-refractivity contribution in [1.82, 2.24) is 40.1 Å². The molecule has 0 aliphatic rings. The molecule has 182 valence electrons. The van der Waals surface area contributed by atoms with Crippen LogP contribution in [0.1, 0.15) is 5.56 Å². The molecule has 0 saturated carbocycles. The third-order valence-corrected chi connectivity index (χ3v) is 6.25. The summed E-state index contributed by atoms with van der Waals surface area (Å²) in [4.78, 5) is 26.1. The largest absolute Gasteiger partial charge is 0.487 e. The van der Waals surface area contributed by atoms with Crippen molar-refractivity contribution in [3.8, 4) is 39.7 Å². The van der Waals surface area contributed by atoms with E-state index in [0.717, 1.165) is 39.0 Å². The van der Waals surface area contributed by atoms with Crippen LogP contribution in [0.5, 0.6) is 5.75 Å². The van der Waals surface area contributed by atoms with Gasteiger partial charge in [-0.1, -0.05) is 36.4 Å². The van der Waals surface area contributed by atoms with Gasteiger partial charge in [0.05, 0.1) is 22.9 Å². The number of ether oxygens (including phenoxy) is 1. The molecule has 0 amide bonds. The Balaban J connectivity index is 1.24. The molecule has 1 aromatic carbocycles. The van der Waals surface area contributed by atoms with Gasteiger partial charge in [-0.3, -0.25) is 15.1 Å². The summed E-state index contributed by atoms with van der Waals surface area (Å²) >= 11 is 0. The van der Waals surface area contributed by atoms with Gasteiger partial charge in [0.2, 0.25) is 0 Å². The molecule has 6 heterocycles. The number of hydrogen-bond donors (Lipinski definition) is 2. The summed E-state index contributed by atoms with van der Waals surface area (Å²) in [6.45, 7) is 0.464. The van der Waals surface area contributed by atoms with Crippen molar-refractivity contribution in [3.63, 3.8) is 0 Å². The second-order valence-corrected chi connectivity index (χ2v) is 8.73. The quantitative estimate of drug-likeness (QED) is 0.308. The molecule has 38 heavy (non-hydrogen) atoms. The molecule has 0 fully saturated rings. The van der Waals surface area contributed by atoms with Gasteiger partial charge < -0.3 is 9.72 Å². The average molecular weight is 497 g/mol. The Labute approximate surface area is 216 Å². The lowest BCUT2D eigenvalue weighted by atomic mass is 10.1. The zero-order valence-electron chi connectivity index (χ0n) is 20.0. The summed E-state index contributed by atoms with van der Waals surface area (Å²) in [6, 6.07) is 21.7.